The lowest BCUT2D eigenvalue weighted by Crippen LogP contribution is -2.04. The van der Waals surface area contributed by atoms with E-state index in [0.717, 1.165) is 28.8 Å². The smallest absolute Gasteiger partial charge is 0.199 e. The lowest BCUT2D eigenvalue weighted by molar-refractivity contribution is 0.797. The molecule has 0 saturated heterocycles. The first-order valence-corrected chi connectivity index (χ1v) is 7.18. The molecule has 2 rings (SSSR count). The topological polar surface area (TPSA) is 33.6 Å². The number of hydrogen-bond acceptors (Lipinski definition) is 2. The fraction of sp³-hybridized carbons (Fsp3) is 0.385. The molecule has 0 amide bonds. The van der Waals surface area contributed by atoms with Gasteiger partial charge in [-0.1, -0.05) is 13.0 Å². The number of H-pyrrole nitrogens is 1. The van der Waals surface area contributed by atoms with Crippen molar-refractivity contribution >= 4 is 28.1 Å². The van der Waals surface area contributed by atoms with Crippen molar-refractivity contribution in [2.45, 2.75) is 33.6 Å². The second-order valence-electron chi connectivity index (χ2n) is 4.44. The predicted molar refractivity (Wildman–Crippen MR) is 79.9 cm³/mol. The Morgan fingerprint density at radius 3 is 2.72 bits per heavy atom. The van der Waals surface area contributed by atoms with E-state index in [1.165, 1.54) is 11.1 Å². The van der Waals surface area contributed by atoms with Gasteiger partial charge >= 0.3 is 0 Å². The molecule has 18 heavy (non-hydrogen) atoms. The molecule has 0 aliphatic rings. The van der Waals surface area contributed by atoms with Crippen LogP contribution in [0.25, 0.3) is 5.69 Å². The second-order valence-corrected chi connectivity index (χ2v) is 5.68. The molecule has 0 aliphatic carbocycles. The zero-order valence-corrected chi connectivity index (χ0v) is 13.2. The number of aromatic nitrogens is 3. The Morgan fingerprint density at radius 1 is 1.39 bits per heavy atom. The fourth-order valence-corrected chi connectivity index (χ4v) is 3.24. The summed E-state index contributed by atoms with van der Waals surface area (Å²) in [6, 6.07) is 4.26. The summed E-state index contributed by atoms with van der Waals surface area (Å²) >= 11 is 8.98. The first kappa shape index (κ1) is 13.5. The van der Waals surface area contributed by atoms with Crippen LogP contribution in [0.15, 0.2) is 16.6 Å². The standard InChI is InChI=1S/C13H16BrN3S/c1-4-5-11-15-16-13(18)17(11)12-9(3)6-8(2)7-10(12)14/h6-7H,4-5H2,1-3H3,(H,16,18). The zero-order chi connectivity index (χ0) is 13.3. The number of aryl methyl sites for hydroxylation is 3. The number of nitrogens with one attached hydrogen (secondary N) is 1. The Hall–Kier alpha value is -0.940. The summed E-state index contributed by atoms with van der Waals surface area (Å²) in [5, 5.41) is 7.20. The molecule has 1 heterocycles. The number of nitrogens with zero attached hydrogens (tertiary/aromatic N) is 2. The molecule has 0 bridgehead atoms. The molecule has 1 N–H and O–H groups in total. The summed E-state index contributed by atoms with van der Waals surface area (Å²) < 4.78 is 3.72. The normalized spacial score (nSPS) is 10.9. The number of hydrogen-bond donors (Lipinski definition) is 1. The lowest BCUT2D eigenvalue weighted by Gasteiger charge is -2.13. The van der Waals surface area contributed by atoms with Crippen LogP contribution in [0.1, 0.15) is 30.3 Å². The largest absolute Gasteiger partial charge is 0.271 e. The number of halogens is 1. The highest BCUT2D eigenvalue weighted by atomic mass is 79.9. The molecule has 0 aliphatic heterocycles. The van der Waals surface area contributed by atoms with Crippen molar-refractivity contribution in [1.82, 2.24) is 14.8 Å². The zero-order valence-electron chi connectivity index (χ0n) is 10.7. The highest BCUT2D eigenvalue weighted by Gasteiger charge is 2.13. The van der Waals surface area contributed by atoms with Crippen molar-refractivity contribution in [1.29, 1.82) is 0 Å². The molecule has 0 fully saturated rings. The van der Waals surface area contributed by atoms with Crippen LogP contribution in [0.5, 0.6) is 0 Å². The maximum absolute atomic E-state index is 5.35. The molecule has 3 nitrogen and oxygen atoms in total. The van der Waals surface area contributed by atoms with Gasteiger partial charge in [-0.05, 0) is 65.6 Å². The van der Waals surface area contributed by atoms with E-state index >= 15 is 0 Å². The summed E-state index contributed by atoms with van der Waals surface area (Å²) in [5.74, 6) is 0.982. The molecular weight excluding hydrogens is 310 g/mol. The molecule has 5 heteroatoms. The highest BCUT2D eigenvalue weighted by Crippen LogP contribution is 2.27. The third kappa shape index (κ3) is 2.42. The van der Waals surface area contributed by atoms with Crippen LogP contribution in [-0.4, -0.2) is 14.8 Å². The maximum atomic E-state index is 5.35. The van der Waals surface area contributed by atoms with E-state index in [9.17, 15) is 0 Å². The van der Waals surface area contributed by atoms with E-state index in [4.69, 9.17) is 12.2 Å². The van der Waals surface area contributed by atoms with Gasteiger partial charge in [0.05, 0.1) is 5.69 Å². The fourth-order valence-electron chi connectivity index (χ4n) is 2.14. The Morgan fingerprint density at radius 2 is 2.11 bits per heavy atom. The Balaban J connectivity index is 2.69. The minimum absolute atomic E-state index is 0.645. The quantitative estimate of drug-likeness (QED) is 0.855. The monoisotopic (exact) mass is 325 g/mol. The molecule has 0 radical (unpaired) electrons. The second kappa shape index (κ2) is 5.36. The molecule has 2 aromatic rings. The average Bonchev–Trinajstić information content (AvgIpc) is 2.61. The van der Waals surface area contributed by atoms with Crippen LogP contribution in [0.4, 0.5) is 0 Å². The van der Waals surface area contributed by atoms with Gasteiger partial charge in [-0.15, -0.1) is 0 Å². The van der Waals surface area contributed by atoms with E-state index in [2.05, 4.69) is 59.0 Å². The molecule has 0 unspecified atom stereocenters. The lowest BCUT2D eigenvalue weighted by atomic mass is 10.1. The van der Waals surface area contributed by atoms with Gasteiger partial charge in [0.1, 0.15) is 5.82 Å². The van der Waals surface area contributed by atoms with Crippen molar-refractivity contribution in [2.75, 3.05) is 0 Å². The Labute approximate surface area is 120 Å². The van der Waals surface area contributed by atoms with E-state index in [0.29, 0.717) is 4.77 Å². The van der Waals surface area contributed by atoms with Crippen LogP contribution < -0.4 is 0 Å². The third-order valence-electron chi connectivity index (χ3n) is 2.84. The van der Waals surface area contributed by atoms with Crippen molar-refractivity contribution in [3.63, 3.8) is 0 Å². The Kier molecular flexibility index (Phi) is 4.02. The van der Waals surface area contributed by atoms with Gasteiger partial charge < -0.3 is 0 Å². The molecule has 0 saturated carbocycles. The molecule has 96 valence electrons. The number of rotatable bonds is 3. The summed E-state index contributed by atoms with van der Waals surface area (Å²) in [6.45, 7) is 6.32. The average molecular weight is 326 g/mol. The van der Waals surface area contributed by atoms with E-state index < -0.39 is 0 Å². The minimum atomic E-state index is 0.645. The van der Waals surface area contributed by atoms with Crippen LogP contribution in [0.2, 0.25) is 0 Å². The summed E-state index contributed by atoms with van der Waals surface area (Å²) in [7, 11) is 0. The van der Waals surface area contributed by atoms with Gasteiger partial charge in [0.25, 0.3) is 0 Å². The van der Waals surface area contributed by atoms with Gasteiger partial charge in [0, 0.05) is 10.9 Å². The molecule has 0 atom stereocenters. The van der Waals surface area contributed by atoms with Crippen LogP contribution in [0, 0.1) is 18.6 Å². The van der Waals surface area contributed by atoms with E-state index in [1.807, 2.05) is 4.57 Å². The Bertz CT molecular complexity index is 604. The molecule has 0 spiro atoms. The first-order valence-electron chi connectivity index (χ1n) is 5.98. The predicted octanol–water partition coefficient (Wildman–Crippen LogP) is 4.26. The third-order valence-corrected chi connectivity index (χ3v) is 3.72. The van der Waals surface area contributed by atoms with Gasteiger partial charge in [0.2, 0.25) is 0 Å². The van der Waals surface area contributed by atoms with E-state index in [-0.39, 0.29) is 0 Å². The SMILES string of the molecule is CCCc1n[nH]c(=S)n1-c1c(C)cc(C)cc1Br. The van der Waals surface area contributed by atoms with Gasteiger partial charge in [-0.2, -0.15) is 5.10 Å². The van der Waals surface area contributed by atoms with Gasteiger partial charge in [-0.3, -0.25) is 9.67 Å². The van der Waals surface area contributed by atoms with Crippen molar-refractivity contribution < 1.29 is 0 Å². The number of benzene rings is 1. The molecule has 1 aromatic heterocycles. The molecule has 1 aromatic carbocycles. The van der Waals surface area contributed by atoms with Gasteiger partial charge in [-0.25, -0.2) is 0 Å². The van der Waals surface area contributed by atoms with Crippen LogP contribution in [-0.2, 0) is 6.42 Å². The number of aromatic amines is 1. The summed E-state index contributed by atoms with van der Waals surface area (Å²) in [4.78, 5) is 0. The van der Waals surface area contributed by atoms with E-state index in [1.54, 1.807) is 0 Å². The highest BCUT2D eigenvalue weighted by molar-refractivity contribution is 9.10. The van der Waals surface area contributed by atoms with Crippen LogP contribution >= 0.6 is 28.1 Å². The summed E-state index contributed by atoms with van der Waals surface area (Å²) in [6.07, 6.45) is 1.95. The molecular formula is C13H16BrN3S. The minimum Gasteiger partial charge on any atom is -0.271 e. The summed E-state index contributed by atoms with van der Waals surface area (Å²) in [5.41, 5.74) is 3.51. The van der Waals surface area contributed by atoms with Crippen LogP contribution in [0.3, 0.4) is 0 Å². The van der Waals surface area contributed by atoms with Gasteiger partial charge in [0.15, 0.2) is 4.77 Å². The van der Waals surface area contributed by atoms with Crippen molar-refractivity contribution in [3.8, 4) is 5.69 Å². The van der Waals surface area contributed by atoms with Crippen molar-refractivity contribution in [2.24, 2.45) is 0 Å². The first-order chi connectivity index (χ1) is 8.54. The maximum Gasteiger partial charge on any atom is 0.199 e. The van der Waals surface area contributed by atoms with Crippen molar-refractivity contribution in [3.05, 3.63) is 38.3 Å².